The number of amides is 1. The van der Waals surface area contributed by atoms with E-state index >= 15 is 0 Å². The number of aryl methyl sites for hydroxylation is 1. The SMILES string of the molecule is CCOc1ccccc1C(=O)NC(=S)Nc1nnc(CC)s1. The number of hydrogen-bond donors (Lipinski definition) is 2. The van der Waals surface area contributed by atoms with Crippen molar-refractivity contribution in [1.82, 2.24) is 15.5 Å². The lowest BCUT2D eigenvalue weighted by Gasteiger charge is -2.10. The van der Waals surface area contributed by atoms with Crippen LogP contribution in [0.25, 0.3) is 0 Å². The van der Waals surface area contributed by atoms with Gasteiger partial charge in [-0.2, -0.15) is 0 Å². The molecule has 22 heavy (non-hydrogen) atoms. The number of nitrogens with zero attached hydrogens (tertiary/aromatic N) is 2. The Hall–Kier alpha value is -2.06. The molecule has 1 aromatic heterocycles. The molecule has 0 saturated heterocycles. The molecule has 116 valence electrons. The number of hydrogen-bond acceptors (Lipinski definition) is 6. The van der Waals surface area contributed by atoms with E-state index in [2.05, 4.69) is 20.8 Å². The number of para-hydroxylation sites is 1. The van der Waals surface area contributed by atoms with Crippen LogP contribution in [0.3, 0.4) is 0 Å². The Labute approximate surface area is 137 Å². The number of rotatable bonds is 5. The van der Waals surface area contributed by atoms with Gasteiger partial charge in [0.25, 0.3) is 5.91 Å². The summed E-state index contributed by atoms with van der Waals surface area (Å²) in [5, 5.41) is 15.0. The van der Waals surface area contributed by atoms with Crippen molar-refractivity contribution in [3.8, 4) is 5.75 Å². The first-order valence-electron chi connectivity index (χ1n) is 6.80. The third-order valence-electron chi connectivity index (χ3n) is 2.65. The normalized spacial score (nSPS) is 10.1. The fourth-order valence-corrected chi connectivity index (χ4v) is 2.62. The molecule has 1 heterocycles. The van der Waals surface area contributed by atoms with Crippen LogP contribution in [0.4, 0.5) is 5.13 Å². The Bertz CT molecular complexity index is 672. The number of nitrogens with one attached hydrogen (secondary N) is 2. The van der Waals surface area contributed by atoms with Gasteiger partial charge in [-0.1, -0.05) is 30.4 Å². The number of benzene rings is 1. The molecule has 0 fully saturated rings. The van der Waals surface area contributed by atoms with Crippen LogP contribution in [0.1, 0.15) is 29.2 Å². The van der Waals surface area contributed by atoms with Crippen molar-refractivity contribution in [3.05, 3.63) is 34.8 Å². The molecule has 1 aromatic carbocycles. The minimum absolute atomic E-state index is 0.176. The lowest BCUT2D eigenvalue weighted by Crippen LogP contribution is -2.34. The van der Waals surface area contributed by atoms with E-state index in [1.54, 1.807) is 18.2 Å². The molecule has 0 bridgehead atoms. The van der Waals surface area contributed by atoms with Gasteiger partial charge in [-0.3, -0.25) is 10.1 Å². The summed E-state index contributed by atoms with van der Waals surface area (Å²) in [7, 11) is 0. The van der Waals surface area contributed by atoms with Gasteiger partial charge in [-0.05, 0) is 37.7 Å². The number of carbonyl (C=O) groups is 1. The van der Waals surface area contributed by atoms with Gasteiger partial charge in [0.15, 0.2) is 5.11 Å². The number of anilines is 1. The highest BCUT2D eigenvalue weighted by molar-refractivity contribution is 7.80. The third kappa shape index (κ3) is 4.22. The molecule has 2 rings (SSSR count). The molecular weight excluding hydrogens is 320 g/mol. The minimum atomic E-state index is -0.332. The molecule has 2 N–H and O–H groups in total. The summed E-state index contributed by atoms with van der Waals surface area (Å²) in [6, 6.07) is 7.01. The van der Waals surface area contributed by atoms with Crippen LogP contribution in [0.5, 0.6) is 5.75 Å². The molecule has 2 aromatic rings. The number of aromatic nitrogens is 2. The number of ether oxygens (including phenoxy) is 1. The molecule has 0 atom stereocenters. The van der Waals surface area contributed by atoms with E-state index < -0.39 is 0 Å². The molecule has 6 nitrogen and oxygen atoms in total. The van der Waals surface area contributed by atoms with E-state index in [-0.39, 0.29) is 11.0 Å². The van der Waals surface area contributed by atoms with Crippen LogP contribution in [-0.2, 0) is 6.42 Å². The molecule has 0 aliphatic carbocycles. The van der Waals surface area contributed by atoms with Gasteiger partial charge in [0, 0.05) is 0 Å². The highest BCUT2D eigenvalue weighted by Gasteiger charge is 2.14. The fraction of sp³-hybridized carbons (Fsp3) is 0.286. The highest BCUT2D eigenvalue weighted by atomic mass is 32.1. The molecule has 0 radical (unpaired) electrons. The Morgan fingerprint density at radius 2 is 2.09 bits per heavy atom. The average molecular weight is 336 g/mol. The predicted octanol–water partition coefficient (Wildman–Crippen LogP) is 2.63. The highest BCUT2D eigenvalue weighted by Crippen LogP contribution is 2.18. The van der Waals surface area contributed by atoms with Gasteiger partial charge < -0.3 is 10.1 Å². The van der Waals surface area contributed by atoms with E-state index in [1.165, 1.54) is 11.3 Å². The van der Waals surface area contributed by atoms with Gasteiger partial charge >= 0.3 is 0 Å². The Kier molecular flexibility index (Phi) is 5.79. The molecule has 0 aliphatic heterocycles. The number of carbonyl (C=O) groups excluding carboxylic acids is 1. The largest absolute Gasteiger partial charge is 0.493 e. The zero-order chi connectivity index (χ0) is 15.9. The second-order valence-corrected chi connectivity index (χ2v) is 5.66. The van der Waals surface area contributed by atoms with E-state index in [1.807, 2.05) is 19.9 Å². The lowest BCUT2D eigenvalue weighted by atomic mass is 10.2. The molecule has 0 aliphatic rings. The summed E-state index contributed by atoms with van der Waals surface area (Å²) < 4.78 is 5.43. The van der Waals surface area contributed by atoms with Crippen LogP contribution in [0.15, 0.2) is 24.3 Å². The summed E-state index contributed by atoms with van der Waals surface area (Å²) in [5.41, 5.74) is 0.431. The van der Waals surface area contributed by atoms with Crippen LogP contribution >= 0.6 is 23.6 Å². The second kappa shape index (κ2) is 7.81. The average Bonchev–Trinajstić information content (AvgIpc) is 2.95. The maximum atomic E-state index is 12.3. The van der Waals surface area contributed by atoms with Gasteiger partial charge in [0.1, 0.15) is 10.8 Å². The monoisotopic (exact) mass is 336 g/mol. The van der Waals surface area contributed by atoms with Crippen LogP contribution < -0.4 is 15.4 Å². The quantitative estimate of drug-likeness (QED) is 0.818. The topological polar surface area (TPSA) is 76.1 Å². The van der Waals surface area contributed by atoms with Crippen molar-refractivity contribution in [2.45, 2.75) is 20.3 Å². The van der Waals surface area contributed by atoms with Crippen LogP contribution in [0, 0.1) is 0 Å². The fourth-order valence-electron chi connectivity index (χ4n) is 1.68. The smallest absolute Gasteiger partial charge is 0.261 e. The van der Waals surface area contributed by atoms with Crippen molar-refractivity contribution in [3.63, 3.8) is 0 Å². The molecule has 8 heteroatoms. The van der Waals surface area contributed by atoms with Crippen LogP contribution in [0.2, 0.25) is 0 Å². The van der Waals surface area contributed by atoms with Gasteiger partial charge in [-0.15, -0.1) is 10.2 Å². The van der Waals surface area contributed by atoms with Crippen molar-refractivity contribution < 1.29 is 9.53 Å². The summed E-state index contributed by atoms with van der Waals surface area (Å²) in [6.07, 6.45) is 0.806. The van der Waals surface area contributed by atoms with E-state index in [9.17, 15) is 4.79 Å². The Balaban J connectivity index is 2.00. The first kappa shape index (κ1) is 16.3. The van der Waals surface area contributed by atoms with Crippen LogP contribution in [-0.4, -0.2) is 27.8 Å². The Morgan fingerprint density at radius 3 is 2.77 bits per heavy atom. The molecule has 0 saturated carbocycles. The second-order valence-electron chi connectivity index (χ2n) is 4.19. The Morgan fingerprint density at radius 1 is 1.32 bits per heavy atom. The molecule has 0 unspecified atom stereocenters. The van der Waals surface area contributed by atoms with Crippen molar-refractivity contribution in [1.29, 1.82) is 0 Å². The van der Waals surface area contributed by atoms with Crippen molar-refractivity contribution >= 4 is 39.7 Å². The summed E-state index contributed by atoms with van der Waals surface area (Å²) in [6.45, 7) is 4.34. The molecule has 0 spiro atoms. The summed E-state index contributed by atoms with van der Waals surface area (Å²) in [5.74, 6) is 0.191. The van der Waals surface area contributed by atoms with Gasteiger partial charge in [0.05, 0.1) is 12.2 Å². The first-order chi connectivity index (χ1) is 10.6. The number of thiocarbonyl (C=S) groups is 1. The first-order valence-corrected chi connectivity index (χ1v) is 8.03. The summed E-state index contributed by atoms with van der Waals surface area (Å²) >= 11 is 6.52. The minimum Gasteiger partial charge on any atom is -0.493 e. The standard InChI is InChI=1S/C14H16N4O2S2/c1-3-11-17-18-14(22-11)16-13(21)15-12(19)9-7-5-6-8-10(9)20-4-2/h5-8H,3-4H2,1-2H3,(H2,15,16,18,19,21). The summed E-state index contributed by atoms with van der Waals surface area (Å²) in [4.78, 5) is 12.3. The third-order valence-corrected chi connectivity index (χ3v) is 3.84. The molecular formula is C14H16N4O2S2. The lowest BCUT2D eigenvalue weighted by molar-refractivity contribution is 0.0974. The van der Waals surface area contributed by atoms with Crippen molar-refractivity contribution in [2.75, 3.05) is 11.9 Å². The van der Waals surface area contributed by atoms with Gasteiger partial charge in [-0.25, -0.2) is 0 Å². The maximum Gasteiger partial charge on any atom is 0.261 e. The van der Waals surface area contributed by atoms with Crippen molar-refractivity contribution in [2.24, 2.45) is 0 Å². The molecule has 1 amide bonds. The maximum absolute atomic E-state index is 12.3. The predicted molar refractivity (Wildman–Crippen MR) is 90.6 cm³/mol. The van der Waals surface area contributed by atoms with E-state index in [4.69, 9.17) is 17.0 Å². The van der Waals surface area contributed by atoms with E-state index in [0.29, 0.717) is 23.1 Å². The zero-order valence-electron chi connectivity index (χ0n) is 12.3. The van der Waals surface area contributed by atoms with Gasteiger partial charge in [0.2, 0.25) is 5.13 Å². The zero-order valence-corrected chi connectivity index (χ0v) is 13.9. The van der Waals surface area contributed by atoms with E-state index in [0.717, 1.165) is 11.4 Å².